The molecule has 7 N–H and O–H groups in total. The summed E-state index contributed by atoms with van der Waals surface area (Å²) in [5.41, 5.74) is 5.00. The molecule has 0 saturated carbocycles. The third-order valence-electron chi connectivity index (χ3n) is 2.31. The number of carbonyl (C=O) groups is 5. The molecule has 0 heterocycles. The monoisotopic (exact) mass is 336 g/mol. The van der Waals surface area contributed by atoms with Crippen molar-refractivity contribution in [2.75, 3.05) is 0 Å². The van der Waals surface area contributed by atoms with Crippen LogP contribution in [0.5, 0.6) is 0 Å². The van der Waals surface area contributed by atoms with E-state index in [2.05, 4.69) is 5.32 Å². The Kier molecular flexibility index (Phi) is 11.7. The molecule has 0 unspecified atom stereocenters. The molecular formula is C12H20N2O9. The molecule has 0 saturated heterocycles. The zero-order chi connectivity index (χ0) is 18.6. The summed E-state index contributed by atoms with van der Waals surface area (Å²) >= 11 is 0. The van der Waals surface area contributed by atoms with E-state index in [0.717, 1.165) is 0 Å². The van der Waals surface area contributed by atoms with Gasteiger partial charge in [-0.05, 0) is 12.8 Å². The highest BCUT2D eigenvalue weighted by atomic mass is 16.4. The molecule has 0 aliphatic rings. The smallest absolute Gasteiger partial charge is 0.326 e. The van der Waals surface area contributed by atoms with E-state index >= 15 is 0 Å². The lowest BCUT2D eigenvalue weighted by molar-refractivity contribution is -0.143. The number of hydrogen-bond donors (Lipinski definition) is 6. The molecule has 23 heavy (non-hydrogen) atoms. The van der Waals surface area contributed by atoms with E-state index in [1.807, 2.05) is 0 Å². The van der Waals surface area contributed by atoms with Crippen molar-refractivity contribution in [3.63, 3.8) is 0 Å². The Morgan fingerprint density at radius 2 is 1.30 bits per heavy atom. The summed E-state index contributed by atoms with van der Waals surface area (Å²) in [6, 6.07) is -2.18. The molecule has 0 aromatic rings. The lowest BCUT2D eigenvalue weighted by Crippen LogP contribution is -2.39. The molecule has 0 bridgehead atoms. The Bertz CT molecular complexity index is 450. The Morgan fingerprint density at radius 1 is 0.870 bits per heavy atom. The SMILES string of the molecule is CC(=O)N[C@@H](CCC(=O)O)C(=O)O.N[C@@H](CCC(=O)O)C(=O)O. The van der Waals surface area contributed by atoms with Crippen LogP contribution in [0.15, 0.2) is 0 Å². The maximum absolute atomic E-state index is 10.5. The predicted octanol–water partition coefficient (Wildman–Crippen LogP) is -1.30. The van der Waals surface area contributed by atoms with Gasteiger partial charge < -0.3 is 31.5 Å². The first-order chi connectivity index (χ1) is 10.5. The molecule has 0 spiro atoms. The summed E-state index contributed by atoms with van der Waals surface area (Å²) in [5.74, 6) is -5.00. The number of hydrogen-bond acceptors (Lipinski definition) is 6. The highest BCUT2D eigenvalue weighted by molar-refractivity contribution is 5.82. The first-order valence-corrected chi connectivity index (χ1v) is 6.39. The van der Waals surface area contributed by atoms with Crippen molar-refractivity contribution >= 4 is 29.8 Å². The van der Waals surface area contributed by atoms with Gasteiger partial charge in [-0.15, -0.1) is 0 Å². The fourth-order valence-electron chi connectivity index (χ4n) is 1.17. The lowest BCUT2D eigenvalue weighted by Gasteiger charge is -2.10. The van der Waals surface area contributed by atoms with Crippen LogP contribution in [-0.2, 0) is 24.0 Å². The van der Waals surface area contributed by atoms with Crippen LogP contribution in [0.1, 0.15) is 32.6 Å². The molecule has 0 radical (unpaired) electrons. The van der Waals surface area contributed by atoms with E-state index in [0.29, 0.717) is 0 Å². The fourth-order valence-corrected chi connectivity index (χ4v) is 1.17. The molecule has 0 aliphatic carbocycles. The number of carboxylic acids is 4. The van der Waals surface area contributed by atoms with E-state index < -0.39 is 41.9 Å². The predicted molar refractivity (Wildman–Crippen MR) is 74.6 cm³/mol. The van der Waals surface area contributed by atoms with E-state index in [4.69, 9.17) is 26.2 Å². The largest absolute Gasteiger partial charge is 0.481 e. The second kappa shape index (κ2) is 11.9. The van der Waals surface area contributed by atoms with Gasteiger partial charge in [0.1, 0.15) is 12.1 Å². The third-order valence-corrected chi connectivity index (χ3v) is 2.31. The third kappa shape index (κ3) is 15.5. The van der Waals surface area contributed by atoms with Crippen LogP contribution in [0.25, 0.3) is 0 Å². The quantitative estimate of drug-likeness (QED) is 0.293. The highest BCUT2D eigenvalue weighted by Gasteiger charge is 2.18. The van der Waals surface area contributed by atoms with Crippen LogP contribution in [0.2, 0.25) is 0 Å². The second-order valence-electron chi connectivity index (χ2n) is 4.40. The van der Waals surface area contributed by atoms with Crippen molar-refractivity contribution in [1.82, 2.24) is 5.32 Å². The number of nitrogens with one attached hydrogen (secondary N) is 1. The second-order valence-corrected chi connectivity index (χ2v) is 4.40. The molecule has 11 heteroatoms. The van der Waals surface area contributed by atoms with Crippen LogP contribution < -0.4 is 11.1 Å². The van der Waals surface area contributed by atoms with Crippen LogP contribution in [0, 0.1) is 0 Å². The molecule has 11 nitrogen and oxygen atoms in total. The molecule has 0 aromatic heterocycles. The molecule has 1 amide bonds. The van der Waals surface area contributed by atoms with Crippen LogP contribution in [0.4, 0.5) is 0 Å². The number of aliphatic carboxylic acids is 4. The summed E-state index contributed by atoms with van der Waals surface area (Å²) in [6.07, 6.45) is -0.611. The number of nitrogens with two attached hydrogens (primary N) is 1. The first-order valence-electron chi connectivity index (χ1n) is 6.39. The molecule has 0 aliphatic heterocycles. The lowest BCUT2D eigenvalue weighted by atomic mass is 10.1. The Morgan fingerprint density at radius 3 is 1.61 bits per heavy atom. The molecular weight excluding hydrogens is 316 g/mol. The maximum atomic E-state index is 10.5. The average molecular weight is 336 g/mol. The Balaban J connectivity index is 0. The fraction of sp³-hybridized carbons (Fsp3) is 0.583. The summed E-state index contributed by atoms with van der Waals surface area (Å²) in [4.78, 5) is 50.9. The Labute approximate surface area is 131 Å². The van der Waals surface area contributed by atoms with Crippen LogP contribution in [-0.4, -0.2) is 62.3 Å². The van der Waals surface area contributed by atoms with E-state index in [1.54, 1.807) is 0 Å². The molecule has 0 aromatic carbocycles. The summed E-state index contributed by atoms with van der Waals surface area (Å²) in [6.45, 7) is 1.18. The Hall–Kier alpha value is -2.69. The minimum absolute atomic E-state index is 0.0231. The molecule has 2 atom stereocenters. The van der Waals surface area contributed by atoms with Crippen molar-refractivity contribution in [1.29, 1.82) is 0 Å². The first kappa shape index (κ1) is 22.6. The van der Waals surface area contributed by atoms with Gasteiger partial charge in [0.25, 0.3) is 0 Å². The van der Waals surface area contributed by atoms with Gasteiger partial charge in [-0.1, -0.05) is 0 Å². The minimum atomic E-state index is -1.23. The van der Waals surface area contributed by atoms with Gasteiger partial charge in [0.2, 0.25) is 5.91 Å². The zero-order valence-electron chi connectivity index (χ0n) is 12.4. The van der Waals surface area contributed by atoms with Crippen molar-refractivity contribution in [3.05, 3.63) is 0 Å². The number of amides is 1. The van der Waals surface area contributed by atoms with Gasteiger partial charge in [-0.3, -0.25) is 19.2 Å². The zero-order valence-corrected chi connectivity index (χ0v) is 12.4. The number of rotatable bonds is 9. The highest BCUT2D eigenvalue weighted by Crippen LogP contribution is 1.97. The maximum Gasteiger partial charge on any atom is 0.326 e. The topological polar surface area (TPSA) is 204 Å². The van der Waals surface area contributed by atoms with Gasteiger partial charge in [0.15, 0.2) is 0 Å². The molecule has 0 rings (SSSR count). The van der Waals surface area contributed by atoms with Crippen molar-refractivity contribution < 1.29 is 44.4 Å². The molecule has 132 valence electrons. The van der Waals surface area contributed by atoms with Gasteiger partial charge >= 0.3 is 23.9 Å². The normalized spacial score (nSPS) is 12.1. The van der Waals surface area contributed by atoms with E-state index in [9.17, 15) is 24.0 Å². The van der Waals surface area contributed by atoms with Crippen molar-refractivity contribution in [2.45, 2.75) is 44.7 Å². The summed E-state index contributed by atoms with van der Waals surface area (Å²) < 4.78 is 0. The van der Waals surface area contributed by atoms with Crippen LogP contribution in [0.3, 0.4) is 0 Å². The number of carbonyl (C=O) groups excluding carboxylic acids is 1. The summed E-state index contributed by atoms with van der Waals surface area (Å²) in [7, 11) is 0. The standard InChI is InChI=1S/C7H11NO5.C5H9NO4/c1-4(9)8-5(7(12)13)2-3-6(10)11;6-3(5(9)10)1-2-4(7)8/h5H,2-3H2,1H3,(H,8,9)(H,10,11)(H,12,13);3H,1-2,6H2,(H,7,8)(H,9,10)/t5-;3-/m00/s1. The van der Waals surface area contributed by atoms with E-state index in [-0.39, 0.29) is 25.7 Å². The van der Waals surface area contributed by atoms with Crippen molar-refractivity contribution in [3.8, 4) is 0 Å². The van der Waals surface area contributed by atoms with Crippen LogP contribution >= 0.6 is 0 Å². The minimum Gasteiger partial charge on any atom is -0.481 e. The molecule has 0 fully saturated rings. The average Bonchev–Trinajstić information content (AvgIpc) is 2.40. The van der Waals surface area contributed by atoms with Gasteiger partial charge in [-0.25, -0.2) is 4.79 Å². The van der Waals surface area contributed by atoms with Gasteiger partial charge in [-0.2, -0.15) is 0 Å². The van der Waals surface area contributed by atoms with Gasteiger partial charge in [0, 0.05) is 19.8 Å². The summed E-state index contributed by atoms with van der Waals surface area (Å²) in [5, 5.41) is 35.2. The number of carboxylic acid groups (broad SMARTS) is 4. The van der Waals surface area contributed by atoms with E-state index in [1.165, 1.54) is 6.92 Å². The van der Waals surface area contributed by atoms with Crippen molar-refractivity contribution in [2.24, 2.45) is 5.73 Å². The van der Waals surface area contributed by atoms with Gasteiger partial charge in [0.05, 0.1) is 0 Å².